The van der Waals surface area contributed by atoms with Crippen molar-refractivity contribution in [3.05, 3.63) is 137 Å². The minimum Gasteiger partial charge on any atom is -0.392 e. The number of thioether (sulfide) groups is 1. The minimum absolute atomic E-state index is 0.264. The molecule has 0 amide bonds. The lowest BCUT2D eigenvalue weighted by Gasteiger charge is -2.37. The van der Waals surface area contributed by atoms with Crippen LogP contribution in [0.1, 0.15) is 53.5 Å². The predicted octanol–water partition coefficient (Wildman–Crippen LogP) is 7.90. The fraction of sp³-hybridized carbons (Fsp3) is 0.294. The van der Waals surface area contributed by atoms with Crippen LogP contribution in [0.5, 0.6) is 0 Å². The Labute approximate surface area is 227 Å². The Morgan fingerprint density at radius 3 is 1.73 bits per heavy atom. The highest BCUT2D eigenvalue weighted by Crippen LogP contribution is 2.37. The van der Waals surface area contributed by atoms with Crippen molar-refractivity contribution in [3.63, 3.8) is 0 Å². The molecular weight excluding hydrogens is 470 g/mol. The molecule has 1 atom stereocenters. The number of aryl methyl sites for hydroxylation is 2. The molecule has 192 valence electrons. The van der Waals surface area contributed by atoms with Crippen LogP contribution in [0.3, 0.4) is 0 Å². The lowest BCUT2D eigenvalue weighted by atomic mass is 9.76. The van der Waals surface area contributed by atoms with Crippen molar-refractivity contribution in [3.8, 4) is 0 Å². The first-order valence-corrected chi connectivity index (χ1v) is 14.4. The Morgan fingerprint density at radius 1 is 0.649 bits per heavy atom. The molecule has 3 heteroatoms. The molecule has 0 aliphatic heterocycles. The summed E-state index contributed by atoms with van der Waals surface area (Å²) in [6.07, 6.45) is 3.77. The molecule has 0 aliphatic rings. The van der Waals surface area contributed by atoms with Crippen LogP contribution in [0, 0.1) is 13.8 Å². The summed E-state index contributed by atoms with van der Waals surface area (Å²) in [5.41, 5.74) is 5.85. The van der Waals surface area contributed by atoms with E-state index in [1.807, 2.05) is 0 Å². The summed E-state index contributed by atoms with van der Waals surface area (Å²) in [4.78, 5) is 1.23. The number of hydrogen-bond acceptors (Lipinski definition) is 3. The standard InChI is InChI=1S/C34H39NOS/c1-27-17-21-31(22-18-27)34(29-12-6-3-7-13-29,30-14-8-4-9-15-30)35-25-11-5-10-16-32(36)26-37-33-23-19-28(2)20-24-33/h3-4,6-9,12-15,17-24,32,35-36H,5,10-11,16,25-26H2,1-2H3. The quantitative estimate of drug-likeness (QED) is 0.109. The smallest absolute Gasteiger partial charge is 0.0947 e. The fourth-order valence-electron chi connectivity index (χ4n) is 4.85. The average Bonchev–Trinajstić information content (AvgIpc) is 2.94. The lowest BCUT2D eigenvalue weighted by molar-refractivity contribution is 0.185. The Morgan fingerprint density at radius 2 is 1.16 bits per heavy atom. The normalized spacial score (nSPS) is 12.4. The zero-order chi connectivity index (χ0) is 25.9. The van der Waals surface area contributed by atoms with Gasteiger partial charge in [0.1, 0.15) is 0 Å². The fourth-order valence-corrected chi connectivity index (χ4v) is 5.73. The second kappa shape index (κ2) is 13.6. The molecule has 0 saturated carbocycles. The summed E-state index contributed by atoms with van der Waals surface area (Å²) in [5, 5.41) is 14.5. The van der Waals surface area contributed by atoms with E-state index >= 15 is 0 Å². The van der Waals surface area contributed by atoms with Crippen LogP contribution in [0.15, 0.2) is 114 Å². The topological polar surface area (TPSA) is 32.3 Å². The van der Waals surface area contributed by atoms with Crippen LogP contribution < -0.4 is 5.32 Å². The van der Waals surface area contributed by atoms with E-state index in [2.05, 4.69) is 128 Å². The van der Waals surface area contributed by atoms with Crippen molar-refractivity contribution in [2.45, 2.75) is 56.1 Å². The molecule has 2 N–H and O–H groups in total. The summed E-state index contributed by atoms with van der Waals surface area (Å²) in [6.45, 7) is 5.13. The van der Waals surface area contributed by atoms with E-state index in [0.29, 0.717) is 0 Å². The molecule has 0 spiro atoms. The van der Waals surface area contributed by atoms with E-state index < -0.39 is 5.54 Å². The molecule has 0 radical (unpaired) electrons. The van der Waals surface area contributed by atoms with Gasteiger partial charge in [0.05, 0.1) is 11.6 Å². The van der Waals surface area contributed by atoms with Crippen LogP contribution in [0.4, 0.5) is 0 Å². The summed E-state index contributed by atoms with van der Waals surface area (Å²) in [7, 11) is 0. The molecule has 1 unspecified atom stereocenters. The third kappa shape index (κ3) is 7.35. The van der Waals surface area contributed by atoms with Crippen molar-refractivity contribution in [1.82, 2.24) is 5.32 Å². The van der Waals surface area contributed by atoms with Gasteiger partial charge in [-0.2, -0.15) is 0 Å². The molecule has 4 rings (SSSR count). The second-order valence-electron chi connectivity index (χ2n) is 9.90. The number of nitrogens with one attached hydrogen (secondary N) is 1. The molecular formula is C34H39NOS. The minimum atomic E-state index is -0.416. The van der Waals surface area contributed by atoms with Crippen molar-refractivity contribution in [1.29, 1.82) is 0 Å². The number of benzene rings is 4. The van der Waals surface area contributed by atoms with E-state index in [-0.39, 0.29) is 6.10 Å². The summed E-state index contributed by atoms with van der Waals surface area (Å²) < 4.78 is 0. The molecule has 37 heavy (non-hydrogen) atoms. The van der Waals surface area contributed by atoms with Crippen molar-refractivity contribution >= 4 is 11.8 Å². The van der Waals surface area contributed by atoms with Gasteiger partial charge in [-0.1, -0.05) is 121 Å². The van der Waals surface area contributed by atoms with Crippen molar-refractivity contribution in [2.24, 2.45) is 0 Å². The van der Waals surface area contributed by atoms with Gasteiger partial charge in [-0.3, -0.25) is 5.32 Å². The first kappa shape index (κ1) is 27.2. The van der Waals surface area contributed by atoms with Gasteiger partial charge >= 0.3 is 0 Å². The van der Waals surface area contributed by atoms with Gasteiger partial charge in [0.15, 0.2) is 0 Å². The maximum atomic E-state index is 10.5. The number of hydrogen-bond donors (Lipinski definition) is 2. The van der Waals surface area contributed by atoms with Crippen molar-refractivity contribution < 1.29 is 5.11 Å². The SMILES string of the molecule is Cc1ccc(SCC(O)CCCCCNC(c2ccccc2)(c2ccccc2)c2ccc(C)cc2)cc1. The van der Waals surface area contributed by atoms with Gasteiger partial charge in [-0.15, -0.1) is 11.8 Å². The van der Waals surface area contributed by atoms with E-state index in [1.54, 1.807) is 11.8 Å². The molecule has 0 heterocycles. The molecule has 4 aromatic rings. The van der Waals surface area contributed by atoms with Crippen molar-refractivity contribution in [2.75, 3.05) is 12.3 Å². The van der Waals surface area contributed by atoms with Gasteiger partial charge in [0.2, 0.25) is 0 Å². The Hall–Kier alpha value is -2.85. The molecule has 4 aromatic carbocycles. The molecule has 0 saturated heterocycles. The van der Waals surface area contributed by atoms with Crippen LogP contribution in [0.2, 0.25) is 0 Å². The molecule has 0 aliphatic carbocycles. The third-order valence-corrected chi connectivity index (χ3v) is 8.12. The van der Waals surface area contributed by atoms with Crippen LogP contribution in [0.25, 0.3) is 0 Å². The Balaban J connectivity index is 1.38. The van der Waals surface area contributed by atoms with Gasteiger partial charge in [0, 0.05) is 10.6 Å². The predicted molar refractivity (Wildman–Crippen MR) is 158 cm³/mol. The third-order valence-electron chi connectivity index (χ3n) is 6.97. The second-order valence-corrected chi connectivity index (χ2v) is 11.0. The van der Waals surface area contributed by atoms with E-state index in [9.17, 15) is 5.11 Å². The van der Waals surface area contributed by atoms with E-state index in [4.69, 9.17) is 0 Å². The Kier molecular flexibility index (Phi) is 10.0. The first-order valence-electron chi connectivity index (χ1n) is 13.4. The van der Waals surface area contributed by atoms with Crippen LogP contribution >= 0.6 is 11.8 Å². The average molecular weight is 510 g/mol. The zero-order valence-corrected chi connectivity index (χ0v) is 22.9. The van der Waals surface area contributed by atoms with Gasteiger partial charge in [0.25, 0.3) is 0 Å². The number of rotatable bonds is 13. The maximum absolute atomic E-state index is 10.5. The summed E-state index contributed by atoms with van der Waals surface area (Å²) >= 11 is 1.74. The highest BCUT2D eigenvalue weighted by molar-refractivity contribution is 7.99. The monoisotopic (exact) mass is 509 g/mol. The van der Waals surface area contributed by atoms with Crippen LogP contribution in [-0.4, -0.2) is 23.5 Å². The van der Waals surface area contributed by atoms with E-state index in [0.717, 1.165) is 38.0 Å². The highest BCUT2D eigenvalue weighted by Gasteiger charge is 2.35. The lowest BCUT2D eigenvalue weighted by Crippen LogP contribution is -2.45. The molecule has 0 fully saturated rings. The van der Waals surface area contributed by atoms with Crippen LogP contribution in [-0.2, 0) is 5.54 Å². The van der Waals surface area contributed by atoms with Gasteiger partial charge in [-0.05, 0) is 62.1 Å². The highest BCUT2D eigenvalue weighted by atomic mass is 32.2. The number of aliphatic hydroxyl groups is 1. The molecule has 2 nitrogen and oxygen atoms in total. The summed E-state index contributed by atoms with van der Waals surface area (Å²) in [6, 6.07) is 39.0. The maximum Gasteiger partial charge on any atom is 0.0947 e. The van der Waals surface area contributed by atoms with Gasteiger partial charge < -0.3 is 5.11 Å². The molecule has 0 aromatic heterocycles. The Bertz CT molecular complexity index is 1150. The molecule has 0 bridgehead atoms. The first-order chi connectivity index (χ1) is 18.1. The number of aliphatic hydroxyl groups excluding tert-OH is 1. The van der Waals surface area contributed by atoms with E-state index in [1.165, 1.54) is 32.7 Å². The summed E-state index contributed by atoms with van der Waals surface area (Å²) in [5.74, 6) is 0.750. The zero-order valence-electron chi connectivity index (χ0n) is 22.1. The largest absolute Gasteiger partial charge is 0.392 e. The number of unbranched alkanes of at least 4 members (excludes halogenated alkanes) is 2. The van der Waals surface area contributed by atoms with Gasteiger partial charge in [-0.25, -0.2) is 0 Å².